The number of nitrogens with one attached hydrogen (secondary N) is 1. The molecule has 2 heterocycles. The Balaban J connectivity index is 1.36. The zero-order valence-corrected chi connectivity index (χ0v) is 17.8. The molecule has 5 nitrogen and oxygen atoms in total. The third-order valence-electron chi connectivity index (χ3n) is 6.37. The molecule has 0 amide bonds. The van der Waals surface area contributed by atoms with Crippen molar-refractivity contribution in [2.75, 3.05) is 23.3 Å². The molecule has 5 heteroatoms. The van der Waals surface area contributed by atoms with E-state index < -0.39 is 0 Å². The van der Waals surface area contributed by atoms with E-state index in [0.29, 0.717) is 23.7 Å². The van der Waals surface area contributed by atoms with Gasteiger partial charge in [-0.05, 0) is 55.7 Å². The molecule has 1 aliphatic heterocycles. The lowest BCUT2D eigenvalue weighted by Gasteiger charge is -2.33. The first-order valence-corrected chi connectivity index (χ1v) is 11.3. The number of piperidine rings is 1. The average Bonchev–Trinajstić information content (AvgIpc) is 2.81. The molecule has 1 aliphatic carbocycles. The predicted molar refractivity (Wildman–Crippen MR) is 124 cm³/mol. The summed E-state index contributed by atoms with van der Waals surface area (Å²) in [6.45, 7) is 1.91. The second-order valence-corrected chi connectivity index (χ2v) is 8.58. The third-order valence-corrected chi connectivity index (χ3v) is 6.37. The standard InChI is InChI=1S/C26H28N4O/c31-23-13-7-12-22-24(23)25(27-21-10-5-2-6-11-21)29-26(28-22)30-16-14-20(15-17-30)18-19-8-3-1-4-9-19/h1-6,8-11,20H,7,12-18H2,(H,27,28,29). The monoisotopic (exact) mass is 412 g/mol. The van der Waals surface area contributed by atoms with E-state index in [0.717, 1.165) is 62.5 Å². The van der Waals surface area contributed by atoms with E-state index in [1.807, 2.05) is 30.3 Å². The Morgan fingerprint density at radius 3 is 2.35 bits per heavy atom. The number of aromatic nitrogens is 2. The van der Waals surface area contributed by atoms with Gasteiger partial charge >= 0.3 is 0 Å². The van der Waals surface area contributed by atoms with Crippen LogP contribution in [-0.4, -0.2) is 28.8 Å². The van der Waals surface area contributed by atoms with Crippen molar-refractivity contribution in [3.8, 4) is 0 Å². The number of ketones is 1. The molecule has 1 fully saturated rings. The third kappa shape index (κ3) is 4.46. The van der Waals surface area contributed by atoms with Gasteiger partial charge in [0.05, 0.1) is 11.3 Å². The number of carbonyl (C=O) groups excluding carboxylic acids is 1. The van der Waals surface area contributed by atoms with Crippen molar-refractivity contribution in [2.45, 2.75) is 38.5 Å². The Bertz CT molecular complexity index is 1040. The summed E-state index contributed by atoms with van der Waals surface area (Å²) in [5.74, 6) is 2.25. The fraction of sp³-hybridized carbons (Fsp3) is 0.346. The van der Waals surface area contributed by atoms with E-state index >= 15 is 0 Å². The number of Topliss-reactive ketones (excluding diaryl/α,β-unsaturated/α-hetero) is 1. The molecule has 3 aromatic rings. The number of nitrogens with zero attached hydrogens (tertiary/aromatic N) is 3. The summed E-state index contributed by atoms with van der Waals surface area (Å²) in [7, 11) is 0. The summed E-state index contributed by atoms with van der Waals surface area (Å²) >= 11 is 0. The first-order chi connectivity index (χ1) is 15.3. The van der Waals surface area contributed by atoms with Gasteiger partial charge in [-0.15, -0.1) is 0 Å². The van der Waals surface area contributed by atoms with Gasteiger partial charge in [0.25, 0.3) is 0 Å². The summed E-state index contributed by atoms with van der Waals surface area (Å²) in [5.41, 5.74) is 3.93. The number of benzene rings is 2. The maximum atomic E-state index is 12.7. The van der Waals surface area contributed by atoms with Crippen molar-refractivity contribution in [1.82, 2.24) is 9.97 Å². The average molecular weight is 413 g/mol. The van der Waals surface area contributed by atoms with Gasteiger partial charge in [-0.25, -0.2) is 4.98 Å². The molecule has 0 atom stereocenters. The van der Waals surface area contributed by atoms with Crippen LogP contribution in [0.25, 0.3) is 0 Å². The molecule has 0 radical (unpaired) electrons. The number of anilines is 3. The highest BCUT2D eigenvalue weighted by Gasteiger charge is 2.27. The molecule has 31 heavy (non-hydrogen) atoms. The van der Waals surface area contributed by atoms with Crippen LogP contribution in [0.5, 0.6) is 0 Å². The Kier molecular flexibility index (Phi) is 5.65. The van der Waals surface area contributed by atoms with Gasteiger partial charge in [-0.3, -0.25) is 4.79 Å². The van der Waals surface area contributed by atoms with E-state index in [1.165, 1.54) is 5.56 Å². The Morgan fingerprint density at radius 1 is 0.903 bits per heavy atom. The molecule has 1 aromatic heterocycles. The van der Waals surface area contributed by atoms with Gasteiger partial charge in [0.15, 0.2) is 5.78 Å². The van der Waals surface area contributed by atoms with E-state index in [2.05, 4.69) is 40.5 Å². The van der Waals surface area contributed by atoms with Crippen LogP contribution in [0.3, 0.4) is 0 Å². The van der Waals surface area contributed by atoms with Crippen LogP contribution in [-0.2, 0) is 12.8 Å². The van der Waals surface area contributed by atoms with Gasteiger partial charge < -0.3 is 10.2 Å². The number of para-hydroxylation sites is 1. The van der Waals surface area contributed by atoms with Crippen LogP contribution in [0, 0.1) is 5.92 Å². The van der Waals surface area contributed by atoms with Crippen molar-refractivity contribution in [2.24, 2.45) is 5.92 Å². The van der Waals surface area contributed by atoms with Crippen molar-refractivity contribution in [1.29, 1.82) is 0 Å². The molecule has 0 unspecified atom stereocenters. The van der Waals surface area contributed by atoms with E-state index in [4.69, 9.17) is 9.97 Å². The number of hydrogen-bond donors (Lipinski definition) is 1. The zero-order valence-electron chi connectivity index (χ0n) is 17.8. The van der Waals surface area contributed by atoms with E-state index in [1.54, 1.807) is 0 Å². The number of rotatable bonds is 5. The SMILES string of the molecule is O=C1CCCc2nc(N3CCC(Cc4ccccc4)CC3)nc(Nc3ccccc3)c21. The molecule has 1 N–H and O–H groups in total. The summed E-state index contributed by atoms with van der Waals surface area (Å²) in [4.78, 5) is 24.7. The molecule has 5 rings (SSSR count). The maximum Gasteiger partial charge on any atom is 0.227 e. The minimum absolute atomic E-state index is 0.146. The maximum absolute atomic E-state index is 12.7. The fourth-order valence-corrected chi connectivity index (χ4v) is 4.68. The molecule has 2 aliphatic rings. The van der Waals surface area contributed by atoms with Crippen LogP contribution < -0.4 is 10.2 Å². The molecule has 2 aromatic carbocycles. The van der Waals surface area contributed by atoms with Crippen molar-refractivity contribution < 1.29 is 4.79 Å². The molecule has 0 saturated carbocycles. The summed E-state index contributed by atoms with van der Waals surface area (Å²) in [5, 5.41) is 3.38. The van der Waals surface area contributed by atoms with Gasteiger partial charge in [0.1, 0.15) is 5.82 Å². The Labute approximate surface area is 183 Å². The van der Waals surface area contributed by atoms with Crippen LogP contribution in [0.2, 0.25) is 0 Å². The van der Waals surface area contributed by atoms with Gasteiger partial charge in [0.2, 0.25) is 5.95 Å². The Hall–Kier alpha value is -3.21. The summed E-state index contributed by atoms with van der Waals surface area (Å²) in [6, 6.07) is 20.7. The second-order valence-electron chi connectivity index (χ2n) is 8.58. The molecule has 158 valence electrons. The number of fused-ring (bicyclic) bond motifs is 1. The lowest BCUT2D eigenvalue weighted by molar-refractivity contribution is 0.0972. The molecule has 0 bridgehead atoms. The molecule has 1 saturated heterocycles. The van der Waals surface area contributed by atoms with Gasteiger partial charge in [-0.2, -0.15) is 4.98 Å². The molecular formula is C26H28N4O. The lowest BCUT2D eigenvalue weighted by atomic mass is 9.90. The number of hydrogen-bond acceptors (Lipinski definition) is 5. The highest BCUT2D eigenvalue weighted by Crippen LogP contribution is 2.31. The van der Waals surface area contributed by atoms with E-state index in [-0.39, 0.29) is 5.78 Å². The van der Waals surface area contributed by atoms with E-state index in [9.17, 15) is 4.79 Å². The number of carbonyl (C=O) groups is 1. The largest absolute Gasteiger partial charge is 0.341 e. The zero-order chi connectivity index (χ0) is 21.0. The van der Waals surface area contributed by atoms with Crippen LogP contribution >= 0.6 is 0 Å². The van der Waals surface area contributed by atoms with Crippen molar-refractivity contribution in [3.63, 3.8) is 0 Å². The van der Waals surface area contributed by atoms with Crippen LogP contribution in [0.1, 0.15) is 47.3 Å². The normalized spacial score (nSPS) is 16.8. The van der Waals surface area contributed by atoms with Crippen molar-refractivity contribution >= 4 is 23.2 Å². The highest BCUT2D eigenvalue weighted by atomic mass is 16.1. The summed E-state index contributed by atoms with van der Waals surface area (Å²) < 4.78 is 0. The Morgan fingerprint density at radius 2 is 1.61 bits per heavy atom. The highest BCUT2D eigenvalue weighted by molar-refractivity contribution is 6.03. The lowest BCUT2D eigenvalue weighted by Crippen LogP contribution is -2.36. The predicted octanol–water partition coefficient (Wildman–Crippen LogP) is 5.20. The quantitative estimate of drug-likeness (QED) is 0.624. The smallest absolute Gasteiger partial charge is 0.227 e. The van der Waals surface area contributed by atoms with Gasteiger partial charge in [0, 0.05) is 25.2 Å². The van der Waals surface area contributed by atoms with Gasteiger partial charge in [-0.1, -0.05) is 48.5 Å². The first-order valence-electron chi connectivity index (χ1n) is 11.3. The molecule has 0 spiro atoms. The van der Waals surface area contributed by atoms with Crippen LogP contribution in [0.15, 0.2) is 60.7 Å². The number of aryl methyl sites for hydroxylation is 1. The fourth-order valence-electron chi connectivity index (χ4n) is 4.68. The first kappa shape index (κ1) is 19.7. The summed E-state index contributed by atoms with van der Waals surface area (Å²) in [6.07, 6.45) is 5.68. The van der Waals surface area contributed by atoms with Crippen molar-refractivity contribution in [3.05, 3.63) is 77.5 Å². The minimum Gasteiger partial charge on any atom is -0.341 e. The topological polar surface area (TPSA) is 58.1 Å². The molecular weight excluding hydrogens is 384 g/mol. The van der Waals surface area contributed by atoms with Crippen LogP contribution in [0.4, 0.5) is 17.5 Å². The minimum atomic E-state index is 0.146. The second kappa shape index (κ2) is 8.88.